The normalized spacial score (nSPS) is 10.3. The van der Waals surface area contributed by atoms with Gasteiger partial charge in [0.25, 0.3) is 0 Å². The monoisotopic (exact) mass is 249 g/mol. The van der Waals surface area contributed by atoms with Gasteiger partial charge in [-0.25, -0.2) is 4.39 Å². The van der Waals surface area contributed by atoms with Gasteiger partial charge >= 0.3 is 0 Å². The van der Waals surface area contributed by atoms with Crippen molar-refractivity contribution in [1.82, 2.24) is 15.0 Å². The number of hydrogen-bond donors (Lipinski definition) is 2. The highest BCUT2D eigenvalue weighted by atomic mass is 19.1. The Morgan fingerprint density at radius 3 is 3.00 bits per heavy atom. The summed E-state index contributed by atoms with van der Waals surface area (Å²) in [6.45, 7) is 0.433. The molecule has 0 aliphatic carbocycles. The van der Waals surface area contributed by atoms with Gasteiger partial charge in [0.15, 0.2) is 0 Å². The van der Waals surface area contributed by atoms with E-state index in [4.69, 9.17) is 5.73 Å². The Morgan fingerprint density at radius 2 is 2.33 bits per heavy atom. The van der Waals surface area contributed by atoms with Crippen molar-refractivity contribution in [2.45, 2.75) is 13.0 Å². The first-order chi connectivity index (χ1) is 8.65. The Labute approximate surface area is 103 Å². The number of carbonyl (C=O) groups excluding carboxylic acids is 1. The summed E-state index contributed by atoms with van der Waals surface area (Å²) in [5, 5.41) is 9.99. The van der Waals surface area contributed by atoms with Crippen LogP contribution in [0.25, 0.3) is 0 Å². The molecule has 18 heavy (non-hydrogen) atoms. The number of anilines is 2. The van der Waals surface area contributed by atoms with Gasteiger partial charge in [0.2, 0.25) is 5.91 Å². The molecule has 1 aromatic carbocycles. The molecule has 1 heterocycles. The summed E-state index contributed by atoms with van der Waals surface area (Å²) < 4.78 is 14.5. The fourth-order valence-corrected chi connectivity index (χ4v) is 1.41. The molecule has 0 aliphatic heterocycles. The molecule has 2 aromatic rings. The zero-order valence-corrected chi connectivity index (χ0v) is 9.51. The van der Waals surface area contributed by atoms with Gasteiger partial charge in [0, 0.05) is 18.3 Å². The van der Waals surface area contributed by atoms with Crippen LogP contribution in [0.3, 0.4) is 0 Å². The van der Waals surface area contributed by atoms with Gasteiger partial charge in [-0.3, -0.25) is 9.48 Å². The second kappa shape index (κ2) is 5.26. The summed E-state index contributed by atoms with van der Waals surface area (Å²) in [7, 11) is 0. The van der Waals surface area contributed by atoms with Crippen LogP contribution in [0.5, 0.6) is 0 Å². The second-order valence-corrected chi connectivity index (χ2v) is 3.70. The number of halogens is 1. The molecule has 0 unspecified atom stereocenters. The van der Waals surface area contributed by atoms with Crippen LogP contribution in [-0.4, -0.2) is 20.9 Å². The standard InChI is InChI=1S/C11H12FN5O/c12-9-2-1-8(7-10(9)13)15-11(18)3-5-17-6-4-14-16-17/h1-2,4,6-7H,3,5,13H2,(H,15,18). The van der Waals surface area contributed by atoms with Crippen molar-refractivity contribution in [2.75, 3.05) is 11.1 Å². The molecule has 7 heteroatoms. The first kappa shape index (κ1) is 12.0. The third-order valence-electron chi connectivity index (χ3n) is 2.32. The Hall–Kier alpha value is -2.44. The van der Waals surface area contributed by atoms with Crippen LogP contribution in [-0.2, 0) is 11.3 Å². The maximum absolute atomic E-state index is 12.9. The lowest BCUT2D eigenvalue weighted by Gasteiger charge is -2.06. The Morgan fingerprint density at radius 1 is 1.50 bits per heavy atom. The number of hydrogen-bond acceptors (Lipinski definition) is 4. The molecule has 1 amide bonds. The number of nitrogens with one attached hydrogen (secondary N) is 1. The van der Waals surface area contributed by atoms with Crippen molar-refractivity contribution in [1.29, 1.82) is 0 Å². The topological polar surface area (TPSA) is 85.8 Å². The fraction of sp³-hybridized carbons (Fsp3) is 0.182. The van der Waals surface area contributed by atoms with Crippen LogP contribution in [0.1, 0.15) is 6.42 Å². The van der Waals surface area contributed by atoms with Crippen LogP contribution in [0, 0.1) is 5.82 Å². The minimum atomic E-state index is -0.504. The van der Waals surface area contributed by atoms with E-state index in [9.17, 15) is 9.18 Å². The van der Waals surface area contributed by atoms with Gasteiger partial charge in [0.1, 0.15) is 5.82 Å². The lowest BCUT2D eigenvalue weighted by Crippen LogP contribution is -2.15. The molecule has 0 atom stereocenters. The smallest absolute Gasteiger partial charge is 0.226 e. The number of nitrogens with two attached hydrogens (primary N) is 1. The van der Waals surface area contributed by atoms with E-state index in [2.05, 4.69) is 15.6 Å². The lowest BCUT2D eigenvalue weighted by atomic mass is 10.2. The van der Waals surface area contributed by atoms with Crippen LogP contribution in [0.4, 0.5) is 15.8 Å². The Balaban J connectivity index is 1.88. The van der Waals surface area contributed by atoms with Gasteiger partial charge in [-0.05, 0) is 18.2 Å². The van der Waals surface area contributed by atoms with E-state index >= 15 is 0 Å². The molecule has 0 bridgehead atoms. The summed E-state index contributed by atoms with van der Waals surface area (Å²) in [5.74, 6) is -0.702. The van der Waals surface area contributed by atoms with Crippen molar-refractivity contribution >= 4 is 17.3 Å². The lowest BCUT2D eigenvalue weighted by molar-refractivity contribution is -0.116. The average molecular weight is 249 g/mol. The highest BCUT2D eigenvalue weighted by molar-refractivity contribution is 5.91. The van der Waals surface area contributed by atoms with Crippen molar-refractivity contribution < 1.29 is 9.18 Å². The molecular formula is C11H12FN5O. The van der Waals surface area contributed by atoms with Crippen LogP contribution < -0.4 is 11.1 Å². The molecule has 0 aliphatic rings. The maximum Gasteiger partial charge on any atom is 0.226 e. The van der Waals surface area contributed by atoms with Gasteiger partial charge in [0.05, 0.1) is 18.4 Å². The number of aryl methyl sites for hydroxylation is 1. The van der Waals surface area contributed by atoms with E-state index in [0.29, 0.717) is 12.2 Å². The van der Waals surface area contributed by atoms with Crippen LogP contribution in [0.2, 0.25) is 0 Å². The highest BCUT2D eigenvalue weighted by Crippen LogP contribution is 2.16. The summed E-state index contributed by atoms with van der Waals surface area (Å²) in [4.78, 5) is 11.6. The van der Waals surface area contributed by atoms with Crippen molar-refractivity contribution in [3.8, 4) is 0 Å². The summed E-state index contributed by atoms with van der Waals surface area (Å²) >= 11 is 0. The van der Waals surface area contributed by atoms with Crippen molar-refractivity contribution in [2.24, 2.45) is 0 Å². The molecular weight excluding hydrogens is 237 g/mol. The minimum absolute atomic E-state index is 0.00377. The third-order valence-corrected chi connectivity index (χ3v) is 2.32. The molecule has 0 saturated heterocycles. The summed E-state index contributed by atoms with van der Waals surface area (Å²) in [6.07, 6.45) is 3.46. The Bertz CT molecular complexity index is 540. The van der Waals surface area contributed by atoms with E-state index in [1.807, 2.05) is 0 Å². The first-order valence-corrected chi connectivity index (χ1v) is 5.34. The molecule has 0 radical (unpaired) electrons. The minimum Gasteiger partial charge on any atom is -0.396 e. The SMILES string of the molecule is Nc1cc(NC(=O)CCn2ccnn2)ccc1F. The number of amides is 1. The van der Waals surface area contributed by atoms with Gasteiger partial charge < -0.3 is 11.1 Å². The highest BCUT2D eigenvalue weighted by Gasteiger charge is 2.05. The van der Waals surface area contributed by atoms with Gasteiger partial charge in [-0.2, -0.15) is 0 Å². The average Bonchev–Trinajstić information content (AvgIpc) is 2.84. The maximum atomic E-state index is 12.9. The largest absolute Gasteiger partial charge is 0.396 e. The molecule has 0 saturated carbocycles. The molecule has 2 rings (SSSR count). The molecule has 6 nitrogen and oxygen atoms in total. The van der Waals surface area contributed by atoms with E-state index in [-0.39, 0.29) is 18.0 Å². The summed E-state index contributed by atoms with van der Waals surface area (Å²) in [5.41, 5.74) is 5.87. The zero-order chi connectivity index (χ0) is 13.0. The van der Waals surface area contributed by atoms with Gasteiger partial charge in [-0.1, -0.05) is 5.21 Å². The quantitative estimate of drug-likeness (QED) is 0.792. The van der Waals surface area contributed by atoms with E-state index in [0.717, 1.165) is 0 Å². The van der Waals surface area contributed by atoms with Crippen molar-refractivity contribution in [3.63, 3.8) is 0 Å². The number of carbonyl (C=O) groups is 1. The van der Waals surface area contributed by atoms with Crippen LogP contribution >= 0.6 is 0 Å². The molecule has 0 spiro atoms. The van der Waals surface area contributed by atoms with E-state index < -0.39 is 5.82 Å². The Kier molecular flexibility index (Phi) is 3.52. The van der Waals surface area contributed by atoms with E-state index in [1.54, 1.807) is 17.1 Å². The number of aromatic nitrogens is 3. The predicted octanol–water partition coefficient (Wildman–Crippen LogP) is 1.03. The predicted molar refractivity (Wildman–Crippen MR) is 64.1 cm³/mol. The second-order valence-electron chi connectivity index (χ2n) is 3.70. The van der Waals surface area contributed by atoms with Crippen LogP contribution in [0.15, 0.2) is 30.6 Å². The number of nitrogen functional groups attached to an aromatic ring is 1. The summed E-state index contributed by atoms with van der Waals surface area (Å²) in [6, 6.07) is 4.05. The fourth-order valence-electron chi connectivity index (χ4n) is 1.41. The molecule has 1 aromatic heterocycles. The molecule has 3 N–H and O–H groups in total. The zero-order valence-electron chi connectivity index (χ0n) is 9.51. The number of rotatable bonds is 4. The van der Waals surface area contributed by atoms with E-state index in [1.165, 1.54) is 18.2 Å². The number of nitrogens with zero attached hydrogens (tertiary/aromatic N) is 3. The van der Waals surface area contributed by atoms with Gasteiger partial charge in [-0.15, -0.1) is 5.10 Å². The van der Waals surface area contributed by atoms with Crippen molar-refractivity contribution in [3.05, 3.63) is 36.4 Å². The molecule has 94 valence electrons. The first-order valence-electron chi connectivity index (χ1n) is 5.34. The third kappa shape index (κ3) is 3.03. The number of benzene rings is 1. The molecule has 0 fully saturated rings.